The summed E-state index contributed by atoms with van der Waals surface area (Å²) in [5.74, 6) is -0.0156. The molecule has 0 amide bonds. The molecule has 0 aliphatic heterocycles. The number of aryl methyl sites for hydroxylation is 2. The number of carbonyl (C=O) groups is 1. The van der Waals surface area contributed by atoms with Crippen molar-refractivity contribution in [3.8, 4) is 0 Å². The Hall–Kier alpha value is -0.640. The van der Waals surface area contributed by atoms with Gasteiger partial charge in [0, 0.05) is 16.0 Å². The number of hydrogen-bond donors (Lipinski definition) is 0. The number of hydrogen-bond acceptors (Lipinski definition) is 2. The number of halogens is 2. The Morgan fingerprint density at radius 1 is 1.29 bits per heavy atom. The van der Waals surface area contributed by atoms with Crippen molar-refractivity contribution in [2.24, 2.45) is 0 Å². The average Bonchev–Trinajstić information content (AvgIpc) is 2.61. The van der Waals surface area contributed by atoms with Crippen LogP contribution in [0, 0.1) is 13.8 Å². The van der Waals surface area contributed by atoms with Gasteiger partial charge < -0.3 is 0 Å². The lowest BCUT2D eigenvalue weighted by Crippen LogP contribution is -2.02. The minimum atomic E-state index is -0.0156. The third-order valence-corrected chi connectivity index (χ3v) is 4.62. The van der Waals surface area contributed by atoms with Crippen LogP contribution in [0.1, 0.15) is 26.4 Å². The Labute approximate surface area is 118 Å². The van der Waals surface area contributed by atoms with E-state index < -0.39 is 0 Å². The van der Waals surface area contributed by atoms with Gasteiger partial charge in [-0.15, -0.1) is 11.3 Å². The monoisotopic (exact) mass is 328 g/mol. The quantitative estimate of drug-likeness (QED) is 0.708. The molecule has 0 unspecified atom stereocenters. The van der Waals surface area contributed by atoms with Gasteiger partial charge >= 0.3 is 0 Å². The maximum absolute atomic E-state index is 12.4. The van der Waals surface area contributed by atoms with E-state index >= 15 is 0 Å². The fourth-order valence-electron chi connectivity index (χ4n) is 1.64. The highest BCUT2D eigenvalue weighted by atomic mass is 79.9. The Bertz CT molecular complexity index is 589. The highest BCUT2D eigenvalue weighted by molar-refractivity contribution is 9.11. The lowest BCUT2D eigenvalue weighted by molar-refractivity contribution is 0.103. The number of benzene rings is 1. The second kappa shape index (κ2) is 4.92. The Balaban J connectivity index is 2.51. The molecule has 0 spiro atoms. The molecule has 0 atom stereocenters. The Morgan fingerprint density at radius 3 is 2.59 bits per heavy atom. The van der Waals surface area contributed by atoms with Crippen LogP contribution in [-0.4, -0.2) is 5.78 Å². The molecule has 0 saturated carbocycles. The van der Waals surface area contributed by atoms with E-state index in [4.69, 9.17) is 11.6 Å². The summed E-state index contributed by atoms with van der Waals surface area (Å²) in [6, 6.07) is 7.37. The maximum atomic E-state index is 12.4. The number of rotatable bonds is 2. The molecule has 0 aliphatic carbocycles. The lowest BCUT2D eigenvalue weighted by atomic mass is 10.0. The third kappa shape index (κ3) is 2.46. The van der Waals surface area contributed by atoms with Crippen LogP contribution < -0.4 is 0 Å². The Kier molecular flexibility index (Phi) is 3.71. The van der Waals surface area contributed by atoms with Crippen molar-refractivity contribution in [3.05, 3.63) is 54.6 Å². The summed E-state index contributed by atoms with van der Waals surface area (Å²) in [6.45, 7) is 3.84. The molecule has 0 aliphatic rings. The van der Waals surface area contributed by atoms with Gasteiger partial charge in [-0.3, -0.25) is 4.79 Å². The Morgan fingerprint density at radius 2 is 2.00 bits per heavy atom. The average molecular weight is 330 g/mol. The lowest BCUT2D eigenvalue weighted by Gasteiger charge is -2.05. The minimum Gasteiger partial charge on any atom is -0.289 e. The molecule has 0 bridgehead atoms. The first-order valence-electron chi connectivity index (χ1n) is 5.06. The number of carbonyl (C=O) groups excluding carboxylic acids is 1. The summed E-state index contributed by atoms with van der Waals surface area (Å²) in [5, 5.41) is 0.541. The largest absolute Gasteiger partial charge is 0.289 e. The molecule has 0 fully saturated rings. The molecule has 4 heteroatoms. The van der Waals surface area contributed by atoms with Gasteiger partial charge in [-0.05, 0) is 47.5 Å². The molecular weight excluding hydrogens is 320 g/mol. The van der Waals surface area contributed by atoms with Gasteiger partial charge in [0.25, 0.3) is 0 Å². The molecule has 2 rings (SSSR count). The van der Waals surface area contributed by atoms with Gasteiger partial charge in [0.2, 0.25) is 0 Å². The van der Waals surface area contributed by atoms with E-state index in [1.807, 2.05) is 32.0 Å². The van der Waals surface area contributed by atoms with Gasteiger partial charge in [0.05, 0.1) is 8.81 Å². The maximum Gasteiger partial charge on any atom is 0.195 e. The van der Waals surface area contributed by atoms with Crippen LogP contribution in [0.15, 0.2) is 28.1 Å². The summed E-state index contributed by atoms with van der Waals surface area (Å²) in [6.07, 6.45) is 0. The standard InChI is InChI=1S/C13H10BrClOS/c1-7-4-3-5-9(12(7)15)13(16)10-6-11(14)17-8(10)2/h3-6H,1-2H3. The summed E-state index contributed by atoms with van der Waals surface area (Å²) < 4.78 is 0.960. The topological polar surface area (TPSA) is 17.1 Å². The molecule has 0 radical (unpaired) electrons. The van der Waals surface area contributed by atoms with Crippen molar-refractivity contribution in [2.75, 3.05) is 0 Å². The van der Waals surface area contributed by atoms with Crippen molar-refractivity contribution in [3.63, 3.8) is 0 Å². The van der Waals surface area contributed by atoms with E-state index in [-0.39, 0.29) is 5.78 Å². The highest BCUT2D eigenvalue weighted by Crippen LogP contribution is 2.30. The predicted octanol–water partition coefficient (Wildman–Crippen LogP) is 5.01. The fourth-order valence-corrected chi connectivity index (χ4v) is 3.54. The molecule has 0 saturated heterocycles. The van der Waals surface area contributed by atoms with Crippen LogP contribution in [0.5, 0.6) is 0 Å². The van der Waals surface area contributed by atoms with Crippen molar-refractivity contribution in [2.45, 2.75) is 13.8 Å². The van der Waals surface area contributed by atoms with E-state index in [1.165, 1.54) is 0 Å². The second-order valence-electron chi connectivity index (χ2n) is 3.79. The molecule has 1 aromatic carbocycles. The van der Waals surface area contributed by atoms with Crippen LogP contribution >= 0.6 is 38.9 Å². The van der Waals surface area contributed by atoms with Crippen LogP contribution in [0.25, 0.3) is 0 Å². The zero-order valence-corrected chi connectivity index (χ0v) is 12.5. The zero-order chi connectivity index (χ0) is 12.6. The van der Waals surface area contributed by atoms with Crippen LogP contribution in [0.2, 0.25) is 5.02 Å². The smallest absolute Gasteiger partial charge is 0.195 e. The SMILES string of the molecule is Cc1cccc(C(=O)c2cc(Br)sc2C)c1Cl. The van der Waals surface area contributed by atoms with Crippen molar-refractivity contribution >= 4 is 44.7 Å². The molecule has 17 heavy (non-hydrogen) atoms. The zero-order valence-electron chi connectivity index (χ0n) is 9.38. The van der Waals surface area contributed by atoms with Crippen LogP contribution in [0.3, 0.4) is 0 Å². The van der Waals surface area contributed by atoms with Gasteiger partial charge in [-0.2, -0.15) is 0 Å². The van der Waals surface area contributed by atoms with Crippen molar-refractivity contribution in [1.29, 1.82) is 0 Å². The fraction of sp³-hybridized carbons (Fsp3) is 0.154. The van der Waals surface area contributed by atoms with E-state index in [0.29, 0.717) is 10.6 Å². The van der Waals surface area contributed by atoms with Crippen molar-refractivity contribution in [1.82, 2.24) is 0 Å². The van der Waals surface area contributed by atoms with Gasteiger partial charge in [0.15, 0.2) is 5.78 Å². The first kappa shape index (κ1) is 12.8. The second-order valence-corrected chi connectivity index (χ2v) is 6.80. The summed E-state index contributed by atoms with van der Waals surface area (Å²) in [5.41, 5.74) is 2.21. The summed E-state index contributed by atoms with van der Waals surface area (Å²) >= 11 is 11.1. The number of thiophene rings is 1. The molecule has 88 valence electrons. The third-order valence-electron chi connectivity index (χ3n) is 2.57. The van der Waals surface area contributed by atoms with E-state index in [9.17, 15) is 4.79 Å². The highest BCUT2D eigenvalue weighted by Gasteiger charge is 2.17. The normalized spacial score (nSPS) is 10.6. The van der Waals surface area contributed by atoms with Gasteiger partial charge in [-0.1, -0.05) is 23.7 Å². The van der Waals surface area contributed by atoms with Gasteiger partial charge in [-0.25, -0.2) is 0 Å². The minimum absolute atomic E-state index is 0.0156. The van der Waals surface area contributed by atoms with Crippen LogP contribution in [-0.2, 0) is 0 Å². The van der Waals surface area contributed by atoms with Crippen molar-refractivity contribution < 1.29 is 4.79 Å². The van der Waals surface area contributed by atoms with Crippen LogP contribution in [0.4, 0.5) is 0 Å². The van der Waals surface area contributed by atoms with Gasteiger partial charge in [0.1, 0.15) is 0 Å². The summed E-state index contributed by atoms with van der Waals surface area (Å²) in [7, 11) is 0. The summed E-state index contributed by atoms with van der Waals surface area (Å²) in [4.78, 5) is 13.4. The molecule has 1 aromatic heterocycles. The van der Waals surface area contributed by atoms with E-state index in [1.54, 1.807) is 17.4 Å². The van der Waals surface area contributed by atoms with E-state index in [0.717, 1.165) is 19.8 Å². The molecule has 2 aromatic rings. The molecule has 1 heterocycles. The van der Waals surface area contributed by atoms with E-state index in [2.05, 4.69) is 15.9 Å². The predicted molar refractivity (Wildman–Crippen MR) is 76.4 cm³/mol. The molecular formula is C13H10BrClOS. The molecule has 0 N–H and O–H groups in total. The number of ketones is 1. The first-order chi connectivity index (χ1) is 8.00. The first-order valence-corrected chi connectivity index (χ1v) is 7.05. The molecule has 1 nitrogen and oxygen atoms in total.